The molecule has 1 aromatic carbocycles. The molecule has 0 radical (unpaired) electrons. The van der Waals surface area contributed by atoms with Crippen molar-refractivity contribution >= 4 is 38.9 Å². The van der Waals surface area contributed by atoms with Gasteiger partial charge in [-0.2, -0.15) is 0 Å². The van der Waals surface area contributed by atoms with Gasteiger partial charge in [0.1, 0.15) is 4.88 Å². The van der Waals surface area contributed by atoms with Gasteiger partial charge >= 0.3 is 0 Å². The summed E-state index contributed by atoms with van der Waals surface area (Å²) in [6, 6.07) is 7.85. The number of amides is 1. The van der Waals surface area contributed by atoms with E-state index < -0.39 is 0 Å². The standard InChI is InChI=1S/C13H12BrNOS/c1-8-4-3-5-9(2)11(8)15-13(16)12-10(14)6-7-17-12/h3-7H,1-2H3,(H,15,16). The largest absolute Gasteiger partial charge is 0.321 e. The van der Waals surface area contributed by atoms with E-state index in [0.29, 0.717) is 4.88 Å². The van der Waals surface area contributed by atoms with Crippen LogP contribution in [0.15, 0.2) is 34.1 Å². The molecule has 0 aliphatic heterocycles. The molecule has 2 nitrogen and oxygen atoms in total. The van der Waals surface area contributed by atoms with Crippen LogP contribution >= 0.6 is 27.3 Å². The van der Waals surface area contributed by atoms with Crippen LogP contribution < -0.4 is 5.32 Å². The second-order valence-corrected chi connectivity index (χ2v) is 5.59. The first-order chi connectivity index (χ1) is 8.09. The monoisotopic (exact) mass is 309 g/mol. The SMILES string of the molecule is Cc1cccc(C)c1NC(=O)c1sccc1Br. The molecule has 0 aliphatic carbocycles. The van der Waals surface area contributed by atoms with Gasteiger partial charge in [-0.05, 0) is 52.4 Å². The van der Waals surface area contributed by atoms with Crippen molar-refractivity contribution in [1.29, 1.82) is 0 Å². The van der Waals surface area contributed by atoms with Crippen LogP contribution in [0.5, 0.6) is 0 Å². The van der Waals surface area contributed by atoms with Gasteiger partial charge < -0.3 is 5.32 Å². The van der Waals surface area contributed by atoms with Crippen LogP contribution in [0.2, 0.25) is 0 Å². The lowest BCUT2D eigenvalue weighted by molar-refractivity contribution is 0.102. The second kappa shape index (κ2) is 5.02. The Morgan fingerprint density at radius 2 is 1.88 bits per heavy atom. The summed E-state index contributed by atoms with van der Waals surface area (Å²) >= 11 is 4.80. The number of carbonyl (C=O) groups is 1. The fourth-order valence-electron chi connectivity index (χ4n) is 1.64. The first-order valence-corrected chi connectivity index (χ1v) is 6.87. The third-order valence-electron chi connectivity index (χ3n) is 2.54. The van der Waals surface area contributed by atoms with Crippen LogP contribution in [0.25, 0.3) is 0 Å². The molecule has 1 N–H and O–H groups in total. The molecule has 0 atom stereocenters. The van der Waals surface area contributed by atoms with Crippen molar-refractivity contribution in [3.63, 3.8) is 0 Å². The molecule has 1 amide bonds. The molecule has 2 aromatic rings. The molecule has 0 unspecified atom stereocenters. The van der Waals surface area contributed by atoms with Crippen LogP contribution in [0.3, 0.4) is 0 Å². The lowest BCUT2D eigenvalue weighted by Gasteiger charge is -2.10. The highest BCUT2D eigenvalue weighted by Gasteiger charge is 2.13. The first kappa shape index (κ1) is 12.3. The summed E-state index contributed by atoms with van der Waals surface area (Å²) in [6.07, 6.45) is 0. The third-order valence-corrected chi connectivity index (χ3v) is 4.38. The number of hydrogen-bond donors (Lipinski definition) is 1. The number of halogens is 1. The maximum Gasteiger partial charge on any atom is 0.266 e. The van der Waals surface area contributed by atoms with E-state index in [1.54, 1.807) is 0 Å². The molecule has 0 fully saturated rings. The number of para-hydroxylation sites is 1. The minimum atomic E-state index is -0.0655. The quantitative estimate of drug-likeness (QED) is 0.876. The fourth-order valence-corrected chi connectivity index (χ4v) is 3.08. The smallest absolute Gasteiger partial charge is 0.266 e. The van der Waals surface area contributed by atoms with E-state index in [2.05, 4.69) is 21.2 Å². The molecule has 0 bridgehead atoms. The van der Waals surface area contributed by atoms with Crippen molar-refractivity contribution in [2.75, 3.05) is 5.32 Å². The molecule has 0 spiro atoms. The Balaban J connectivity index is 2.28. The molecule has 4 heteroatoms. The summed E-state index contributed by atoms with van der Waals surface area (Å²) in [5.74, 6) is -0.0655. The van der Waals surface area contributed by atoms with Gasteiger partial charge in [-0.15, -0.1) is 11.3 Å². The predicted molar refractivity (Wildman–Crippen MR) is 75.9 cm³/mol. The van der Waals surface area contributed by atoms with E-state index in [1.165, 1.54) is 11.3 Å². The van der Waals surface area contributed by atoms with Gasteiger partial charge in [-0.1, -0.05) is 18.2 Å². The number of nitrogens with one attached hydrogen (secondary N) is 1. The molecule has 1 aromatic heterocycles. The highest BCUT2D eigenvalue weighted by Crippen LogP contribution is 2.25. The lowest BCUT2D eigenvalue weighted by atomic mass is 10.1. The van der Waals surface area contributed by atoms with Crippen LogP contribution in [0.4, 0.5) is 5.69 Å². The van der Waals surface area contributed by atoms with Gasteiger partial charge in [0.05, 0.1) is 0 Å². The van der Waals surface area contributed by atoms with E-state index in [4.69, 9.17) is 0 Å². The fraction of sp³-hybridized carbons (Fsp3) is 0.154. The summed E-state index contributed by atoms with van der Waals surface area (Å²) in [5, 5.41) is 4.86. The number of thiophene rings is 1. The lowest BCUT2D eigenvalue weighted by Crippen LogP contribution is -2.12. The zero-order valence-corrected chi connectivity index (χ0v) is 12.0. The molecule has 1 heterocycles. The highest BCUT2D eigenvalue weighted by molar-refractivity contribution is 9.10. The third kappa shape index (κ3) is 2.58. The Morgan fingerprint density at radius 1 is 1.24 bits per heavy atom. The van der Waals surface area contributed by atoms with E-state index in [9.17, 15) is 4.79 Å². The maximum absolute atomic E-state index is 12.1. The molecule has 2 rings (SSSR count). The number of benzene rings is 1. The predicted octanol–water partition coefficient (Wildman–Crippen LogP) is 4.38. The maximum atomic E-state index is 12.1. The van der Waals surface area contributed by atoms with Gasteiger partial charge in [0, 0.05) is 10.2 Å². The molecule has 17 heavy (non-hydrogen) atoms. The van der Waals surface area contributed by atoms with E-state index in [-0.39, 0.29) is 5.91 Å². The summed E-state index contributed by atoms with van der Waals surface area (Å²) < 4.78 is 0.839. The van der Waals surface area contributed by atoms with Crippen LogP contribution in [-0.4, -0.2) is 5.91 Å². The topological polar surface area (TPSA) is 29.1 Å². The van der Waals surface area contributed by atoms with Gasteiger partial charge in [0.15, 0.2) is 0 Å². The number of aryl methyl sites for hydroxylation is 2. The van der Waals surface area contributed by atoms with Gasteiger partial charge in [0.2, 0.25) is 0 Å². The number of carbonyl (C=O) groups excluding carboxylic acids is 1. The van der Waals surface area contributed by atoms with Gasteiger partial charge in [-0.25, -0.2) is 0 Å². The van der Waals surface area contributed by atoms with Crippen LogP contribution in [-0.2, 0) is 0 Å². The van der Waals surface area contributed by atoms with Crippen molar-refractivity contribution in [2.45, 2.75) is 13.8 Å². The van der Waals surface area contributed by atoms with Crippen LogP contribution in [0, 0.1) is 13.8 Å². The van der Waals surface area contributed by atoms with Gasteiger partial charge in [-0.3, -0.25) is 4.79 Å². The second-order valence-electron chi connectivity index (χ2n) is 3.82. The molecular weight excluding hydrogens is 298 g/mol. The summed E-state index contributed by atoms with van der Waals surface area (Å²) in [5.41, 5.74) is 3.05. The average Bonchev–Trinajstić information content (AvgIpc) is 2.70. The zero-order valence-electron chi connectivity index (χ0n) is 9.58. The normalized spacial score (nSPS) is 10.3. The molecular formula is C13H12BrNOS. The number of hydrogen-bond acceptors (Lipinski definition) is 2. The summed E-state index contributed by atoms with van der Waals surface area (Å²) in [4.78, 5) is 12.8. The Bertz CT molecular complexity index is 542. The number of anilines is 1. The summed E-state index contributed by atoms with van der Waals surface area (Å²) in [7, 11) is 0. The Hall–Kier alpha value is -1.13. The van der Waals surface area contributed by atoms with Gasteiger partial charge in [0.25, 0.3) is 5.91 Å². The van der Waals surface area contributed by atoms with Crippen molar-refractivity contribution < 1.29 is 4.79 Å². The Labute approximate surface area is 113 Å². The van der Waals surface area contributed by atoms with Crippen molar-refractivity contribution in [1.82, 2.24) is 0 Å². The zero-order chi connectivity index (χ0) is 12.4. The van der Waals surface area contributed by atoms with Crippen molar-refractivity contribution in [2.24, 2.45) is 0 Å². The van der Waals surface area contributed by atoms with E-state index in [0.717, 1.165) is 21.3 Å². The minimum absolute atomic E-state index is 0.0655. The van der Waals surface area contributed by atoms with Crippen LogP contribution in [0.1, 0.15) is 20.8 Å². The Kier molecular flexibility index (Phi) is 3.64. The minimum Gasteiger partial charge on any atom is -0.321 e. The highest BCUT2D eigenvalue weighted by atomic mass is 79.9. The van der Waals surface area contributed by atoms with E-state index >= 15 is 0 Å². The van der Waals surface area contributed by atoms with Crippen molar-refractivity contribution in [3.05, 3.63) is 50.1 Å². The first-order valence-electron chi connectivity index (χ1n) is 5.20. The average molecular weight is 310 g/mol. The summed E-state index contributed by atoms with van der Waals surface area (Å²) in [6.45, 7) is 3.98. The molecule has 0 aliphatic rings. The molecule has 0 saturated heterocycles. The Morgan fingerprint density at radius 3 is 2.41 bits per heavy atom. The molecule has 0 saturated carbocycles. The number of rotatable bonds is 2. The van der Waals surface area contributed by atoms with E-state index in [1.807, 2.05) is 43.5 Å². The molecule has 88 valence electrons. The van der Waals surface area contributed by atoms with Crippen molar-refractivity contribution in [3.8, 4) is 0 Å².